The highest BCUT2D eigenvalue weighted by Crippen LogP contribution is 2.44. The Balaban J connectivity index is 0.00000370. The summed E-state index contributed by atoms with van der Waals surface area (Å²) in [5.74, 6) is -4.29. The molecule has 0 bridgehead atoms. The van der Waals surface area contributed by atoms with Gasteiger partial charge in [0.05, 0.1) is 6.61 Å². The zero-order valence-electron chi connectivity index (χ0n) is 20.9. The van der Waals surface area contributed by atoms with Gasteiger partial charge in [0.1, 0.15) is 23.6 Å². The van der Waals surface area contributed by atoms with Crippen molar-refractivity contribution in [3.8, 4) is 0 Å². The molecule has 2 saturated heterocycles. The minimum absolute atomic E-state index is 0. The fraction of sp³-hybridized carbons (Fsp3) is 0.385. The van der Waals surface area contributed by atoms with E-state index in [-0.39, 0.29) is 55.5 Å². The maximum Gasteiger partial charge on any atom is 0.266 e. The number of nitrogens with one attached hydrogen (secondary N) is 1. The number of azo groups is 1. The molecular formula is C26H26Cl2F3N5O4. The van der Waals surface area contributed by atoms with E-state index in [1.807, 2.05) is 0 Å². The van der Waals surface area contributed by atoms with Gasteiger partial charge < -0.3 is 25.8 Å². The quantitative estimate of drug-likeness (QED) is 0.437. The van der Waals surface area contributed by atoms with E-state index in [1.54, 1.807) is 6.08 Å². The number of carbonyl (C=O) groups is 2. The Kier molecular flexibility index (Phi) is 8.57. The predicted molar refractivity (Wildman–Crippen MR) is 140 cm³/mol. The molecular weight excluding hydrogens is 574 g/mol. The van der Waals surface area contributed by atoms with Crippen LogP contribution < -0.4 is 11.1 Å². The molecule has 40 heavy (non-hydrogen) atoms. The van der Waals surface area contributed by atoms with Gasteiger partial charge in [0.15, 0.2) is 5.66 Å². The summed E-state index contributed by atoms with van der Waals surface area (Å²) in [5.41, 5.74) is 2.87. The monoisotopic (exact) mass is 599 g/mol. The molecule has 14 heteroatoms. The van der Waals surface area contributed by atoms with E-state index in [9.17, 15) is 27.9 Å². The average molecular weight is 600 g/mol. The van der Waals surface area contributed by atoms with E-state index in [0.29, 0.717) is 5.56 Å². The zero-order valence-corrected chi connectivity index (χ0v) is 22.5. The zero-order chi connectivity index (χ0) is 27.9. The Morgan fingerprint density at radius 1 is 1.23 bits per heavy atom. The van der Waals surface area contributed by atoms with Crippen LogP contribution in [0.15, 0.2) is 58.9 Å². The van der Waals surface area contributed by atoms with E-state index in [2.05, 4.69) is 15.5 Å². The molecule has 0 aromatic heterocycles. The number of nitrogens with two attached hydrogens (primary N) is 1. The maximum atomic E-state index is 14.4. The van der Waals surface area contributed by atoms with Crippen LogP contribution in [0.2, 0.25) is 5.02 Å². The predicted octanol–water partition coefficient (Wildman–Crippen LogP) is 3.54. The van der Waals surface area contributed by atoms with Crippen molar-refractivity contribution >= 4 is 35.8 Å². The number of likely N-dealkylation sites (tertiary alicyclic amines) is 1. The number of nitrogens with zero attached hydrogens (tertiary/aromatic N) is 3. The number of hydrogen-bond donors (Lipinski definition) is 3. The Morgan fingerprint density at radius 3 is 2.67 bits per heavy atom. The smallest absolute Gasteiger partial charge is 0.266 e. The van der Waals surface area contributed by atoms with Crippen molar-refractivity contribution in [1.82, 2.24) is 10.2 Å². The largest absolute Gasteiger partial charge is 0.372 e. The van der Waals surface area contributed by atoms with Gasteiger partial charge in [0, 0.05) is 48.3 Å². The number of carbonyl (C=O) groups excluding carboxylic acids is 2. The fourth-order valence-corrected chi connectivity index (χ4v) is 5.64. The van der Waals surface area contributed by atoms with E-state index >= 15 is 0 Å². The highest BCUT2D eigenvalue weighted by molar-refractivity contribution is 6.30. The third kappa shape index (κ3) is 5.34. The van der Waals surface area contributed by atoms with Crippen LogP contribution in [0.4, 0.5) is 13.2 Å². The third-order valence-corrected chi connectivity index (χ3v) is 7.59. The van der Waals surface area contributed by atoms with E-state index in [0.717, 1.165) is 24.3 Å². The van der Waals surface area contributed by atoms with Crippen LogP contribution in [-0.2, 0) is 20.9 Å². The number of amides is 2. The van der Waals surface area contributed by atoms with Gasteiger partial charge in [-0.1, -0.05) is 11.6 Å². The number of ether oxygens (including phenoxy) is 1. The molecule has 0 aliphatic carbocycles. The molecule has 0 radical (unpaired) electrons. The lowest BCUT2D eigenvalue weighted by Gasteiger charge is -2.44. The summed E-state index contributed by atoms with van der Waals surface area (Å²) < 4.78 is 47.6. The van der Waals surface area contributed by atoms with Crippen molar-refractivity contribution in [2.75, 3.05) is 13.2 Å². The molecule has 2 amide bonds. The Labute approximate surface area is 238 Å². The van der Waals surface area contributed by atoms with Crippen molar-refractivity contribution < 1.29 is 32.6 Å². The first-order chi connectivity index (χ1) is 18.5. The van der Waals surface area contributed by atoms with E-state index in [1.165, 1.54) is 23.2 Å². The summed E-state index contributed by atoms with van der Waals surface area (Å²) in [6, 6.07) is 5.99. The first kappa shape index (κ1) is 29.9. The van der Waals surface area contributed by atoms with Crippen LogP contribution in [0.3, 0.4) is 0 Å². The van der Waals surface area contributed by atoms with Crippen molar-refractivity contribution in [3.63, 3.8) is 0 Å². The second-order valence-electron chi connectivity index (χ2n) is 9.86. The lowest BCUT2D eigenvalue weighted by atomic mass is 9.81. The van der Waals surface area contributed by atoms with Gasteiger partial charge in [0.25, 0.3) is 11.8 Å². The lowest BCUT2D eigenvalue weighted by Crippen LogP contribution is -2.60. The molecule has 3 aliphatic rings. The van der Waals surface area contributed by atoms with Crippen LogP contribution in [0.5, 0.6) is 0 Å². The summed E-state index contributed by atoms with van der Waals surface area (Å²) in [6.45, 7) is -0.238. The molecule has 214 valence electrons. The molecule has 2 fully saturated rings. The van der Waals surface area contributed by atoms with Gasteiger partial charge in [-0.15, -0.1) is 12.4 Å². The number of benzene rings is 2. The summed E-state index contributed by atoms with van der Waals surface area (Å²) in [6.07, 6.45) is 1.99. The van der Waals surface area contributed by atoms with Crippen molar-refractivity contribution in [2.45, 2.75) is 42.8 Å². The molecule has 3 heterocycles. The van der Waals surface area contributed by atoms with Gasteiger partial charge in [-0.05, 0) is 54.5 Å². The molecule has 4 N–H and O–H groups in total. The molecule has 1 unspecified atom stereocenters. The minimum atomic E-state index is -2.40. The van der Waals surface area contributed by atoms with Gasteiger partial charge in [-0.25, -0.2) is 13.2 Å². The highest BCUT2D eigenvalue weighted by atomic mass is 35.5. The summed E-state index contributed by atoms with van der Waals surface area (Å²) >= 11 is 5.85. The summed E-state index contributed by atoms with van der Waals surface area (Å²) in [4.78, 5) is 27.7. The molecule has 5 rings (SSSR count). The second kappa shape index (κ2) is 11.5. The molecule has 5 atom stereocenters. The fourth-order valence-electron chi connectivity index (χ4n) is 5.40. The van der Waals surface area contributed by atoms with Crippen LogP contribution in [0, 0.1) is 23.4 Å². The molecule has 2 aromatic carbocycles. The highest BCUT2D eigenvalue weighted by Gasteiger charge is 2.59. The van der Waals surface area contributed by atoms with Crippen LogP contribution in [0.1, 0.15) is 30.1 Å². The van der Waals surface area contributed by atoms with Crippen molar-refractivity contribution in [3.05, 3.63) is 82.3 Å². The molecule has 0 spiro atoms. The van der Waals surface area contributed by atoms with Gasteiger partial charge in [-0.3, -0.25) is 9.59 Å². The molecule has 0 saturated carbocycles. The first-order valence-electron chi connectivity index (χ1n) is 12.2. The number of rotatable bonds is 6. The Hall–Kier alpha value is -3.03. The van der Waals surface area contributed by atoms with Crippen molar-refractivity contribution in [2.24, 2.45) is 21.9 Å². The van der Waals surface area contributed by atoms with Crippen molar-refractivity contribution in [1.29, 1.82) is 0 Å². The van der Waals surface area contributed by atoms with E-state index < -0.39 is 58.6 Å². The number of halogens is 5. The van der Waals surface area contributed by atoms with E-state index in [4.69, 9.17) is 22.1 Å². The Bertz CT molecular complexity index is 1350. The molecule has 3 aliphatic heterocycles. The van der Waals surface area contributed by atoms with Gasteiger partial charge >= 0.3 is 0 Å². The standard InChI is InChI=1S/C26H25ClF3N5O4.ClH/c27-16-7-14(8-18(29)10-16)12-32-23(36)25(38)4-6-35(24(25)37)26(3-5-33-34-26)15-9-21(31)22(39-13-15)19-11-17(28)1-2-20(19)30;/h1-3,5,7-8,10-11,15,21-22,38H,4,6,9,12-13,31H2,(H,32,36);1H/t15-,21-,22+,25?,26+;/m0./s1. The minimum Gasteiger partial charge on any atom is -0.372 e. The molecule has 9 nitrogen and oxygen atoms in total. The topological polar surface area (TPSA) is 130 Å². The SMILES string of the molecule is Cl.N[C@H]1C[C@H]([C@]2(N3CCC(O)(C(=O)NCc4cc(F)cc(Cl)c4)C3=O)C=CN=N2)CO[C@@H]1c1cc(F)ccc1F. The molecule has 2 aromatic rings. The van der Waals surface area contributed by atoms with Crippen LogP contribution in [-0.4, -0.2) is 52.3 Å². The maximum absolute atomic E-state index is 14.4. The number of aliphatic hydroxyl groups is 1. The Morgan fingerprint density at radius 2 is 2.00 bits per heavy atom. The lowest BCUT2D eigenvalue weighted by molar-refractivity contribution is -0.159. The van der Waals surface area contributed by atoms with Gasteiger partial charge in [0.2, 0.25) is 5.60 Å². The third-order valence-electron chi connectivity index (χ3n) is 7.37. The van der Waals surface area contributed by atoms with Crippen LogP contribution >= 0.6 is 24.0 Å². The summed E-state index contributed by atoms with van der Waals surface area (Å²) in [5, 5.41) is 21.9. The van der Waals surface area contributed by atoms with Crippen LogP contribution in [0.25, 0.3) is 0 Å². The summed E-state index contributed by atoms with van der Waals surface area (Å²) in [7, 11) is 0. The number of hydrogen-bond acceptors (Lipinski definition) is 7. The average Bonchev–Trinajstić information content (AvgIpc) is 3.50. The first-order valence-corrected chi connectivity index (χ1v) is 12.6. The van der Waals surface area contributed by atoms with Gasteiger partial charge in [-0.2, -0.15) is 10.2 Å². The second-order valence-corrected chi connectivity index (χ2v) is 10.3. The normalized spacial score (nSPS) is 29.5.